The first-order valence-corrected chi connectivity index (χ1v) is 7.40. The van der Waals surface area contributed by atoms with Crippen LogP contribution in [0.1, 0.15) is 15.9 Å². The lowest BCUT2D eigenvalue weighted by atomic mass is 10.1. The molecule has 0 aromatic heterocycles. The first-order chi connectivity index (χ1) is 11.5. The van der Waals surface area contributed by atoms with Crippen molar-refractivity contribution in [2.45, 2.75) is 6.54 Å². The van der Waals surface area contributed by atoms with Gasteiger partial charge in [-0.15, -0.1) is 0 Å². The normalized spacial score (nSPS) is 10.2. The van der Waals surface area contributed by atoms with Crippen LogP contribution in [0.4, 0.5) is 4.39 Å². The van der Waals surface area contributed by atoms with Crippen molar-refractivity contribution < 1.29 is 23.4 Å². The second kappa shape index (κ2) is 7.88. The maximum Gasteiger partial charge on any atom is 0.254 e. The molecule has 2 rings (SSSR count). The number of amides is 1. The topological polar surface area (TPSA) is 56.8 Å². The van der Waals surface area contributed by atoms with Crippen molar-refractivity contribution in [1.29, 1.82) is 0 Å². The van der Waals surface area contributed by atoms with Crippen LogP contribution >= 0.6 is 11.6 Å². The fourth-order valence-electron chi connectivity index (χ4n) is 2.19. The highest BCUT2D eigenvalue weighted by Crippen LogP contribution is 2.34. The molecule has 1 N–H and O–H groups in total. The standard InChI is InChI=1S/C17H17ClFNO4/c1-22-11-7-15(23-2)13(16(8-11)24-3)9-20-17(21)12-6-10(18)4-5-14(12)19/h4-8H,9H2,1-3H3,(H,20,21). The number of benzene rings is 2. The molecule has 0 heterocycles. The Balaban J connectivity index is 2.25. The highest BCUT2D eigenvalue weighted by atomic mass is 35.5. The van der Waals surface area contributed by atoms with E-state index in [-0.39, 0.29) is 17.1 Å². The summed E-state index contributed by atoms with van der Waals surface area (Å²) in [5.41, 5.74) is 0.477. The molecule has 2 aromatic rings. The number of halogens is 2. The van der Waals surface area contributed by atoms with Gasteiger partial charge in [0.1, 0.15) is 23.1 Å². The minimum atomic E-state index is -0.648. The van der Waals surface area contributed by atoms with Gasteiger partial charge in [0.25, 0.3) is 5.91 Å². The molecule has 1 amide bonds. The summed E-state index contributed by atoms with van der Waals surface area (Å²) >= 11 is 5.81. The summed E-state index contributed by atoms with van der Waals surface area (Å²) in [7, 11) is 4.52. The van der Waals surface area contributed by atoms with E-state index in [1.54, 1.807) is 12.1 Å². The zero-order valence-corrected chi connectivity index (χ0v) is 14.2. The lowest BCUT2D eigenvalue weighted by Gasteiger charge is -2.15. The van der Waals surface area contributed by atoms with E-state index in [9.17, 15) is 9.18 Å². The summed E-state index contributed by atoms with van der Waals surface area (Å²) in [6, 6.07) is 7.14. The number of ether oxygens (including phenoxy) is 3. The SMILES string of the molecule is COc1cc(OC)c(CNC(=O)c2cc(Cl)ccc2F)c(OC)c1. The molecule has 0 aliphatic rings. The lowest BCUT2D eigenvalue weighted by molar-refractivity contribution is 0.0946. The molecule has 0 saturated carbocycles. The van der Waals surface area contributed by atoms with Gasteiger partial charge in [-0.25, -0.2) is 4.39 Å². The highest BCUT2D eigenvalue weighted by molar-refractivity contribution is 6.31. The van der Waals surface area contributed by atoms with Crippen LogP contribution in [-0.4, -0.2) is 27.2 Å². The van der Waals surface area contributed by atoms with Gasteiger partial charge in [0.05, 0.1) is 39.0 Å². The number of nitrogens with one attached hydrogen (secondary N) is 1. The average Bonchev–Trinajstić information content (AvgIpc) is 2.60. The summed E-state index contributed by atoms with van der Waals surface area (Å²) in [5, 5.41) is 2.91. The van der Waals surface area contributed by atoms with Crippen LogP contribution in [0.2, 0.25) is 5.02 Å². The minimum Gasteiger partial charge on any atom is -0.496 e. The van der Waals surface area contributed by atoms with Crippen LogP contribution in [0.25, 0.3) is 0 Å². The Hall–Kier alpha value is -2.47. The van der Waals surface area contributed by atoms with Crippen LogP contribution in [-0.2, 0) is 6.54 Å². The maximum absolute atomic E-state index is 13.8. The average molecular weight is 354 g/mol. The van der Waals surface area contributed by atoms with E-state index in [0.29, 0.717) is 22.8 Å². The van der Waals surface area contributed by atoms with E-state index in [4.69, 9.17) is 25.8 Å². The summed E-state index contributed by atoms with van der Waals surface area (Å²) in [5.74, 6) is 0.288. The van der Waals surface area contributed by atoms with Gasteiger partial charge in [-0.1, -0.05) is 11.6 Å². The Morgan fingerprint density at radius 3 is 2.25 bits per heavy atom. The van der Waals surface area contributed by atoms with Crippen LogP contribution in [0, 0.1) is 5.82 Å². The van der Waals surface area contributed by atoms with Crippen LogP contribution < -0.4 is 19.5 Å². The quantitative estimate of drug-likeness (QED) is 0.864. The van der Waals surface area contributed by atoms with Gasteiger partial charge in [-0.2, -0.15) is 0 Å². The molecule has 128 valence electrons. The van der Waals surface area contributed by atoms with Crippen molar-refractivity contribution >= 4 is 17.5 Å². The summed E-state index contributed by atoms with van der Waals surface area (Å²) < 4.78 is 29.5. The Labute approximate surface area is 144 Å². The number of rotatable bonds is 6. The molecule has 0 atom stereocenters. The molecule has 0 unspecified atom stereocenters. The second-order valence-electron chi connectivity index (χ2n) is 4.82. The molecule has 0 radical (unpaired) electrons. The second-order valence-corrected chi connectivity index (χ2v) is 5.25. The third kappa shape index (κ3) is 3.89. The van der Waals surface area contributed by atoms with Crippen molar-refractivity contribution in [3.8, 4) is 17.2 Å². The number of carbonyl (C=O) groups excluding carboxylic acids is 1. The molecular weight excluding hydrogens is 337 g/mol. The van der Waals surface area contributed by atoms with Crippen LogP contribution in [0.3, 0.4) is 0 Å². The molecule has 0 saturated heterocycles. The molecule has 0 fully saturated rings. The first-order valence-electron chi connectivity index (χ1n) is 7.02. The molecule has 0 spiro atoms. The predicted molar refractivity (Wildman–Crippen MR) is 88.7 cm³/mol. The van der Waals surface area contributed by atoms with E-state index >= 15 is 0 Å². The molecule has 7 heteroatoms. The Kier molecular flexibility index (Phi) is 5.87. The van der Waals surface area contributed by atoms with E-state index in [0.717, 1.165) is 6.07 Å². The van der Waals surface area contributed by atoms with Gasteiger partial charge in [0.2, 0.25) is 0 Å². The zero-order valence-electron chi connectivity index (χ0n) is 13.5. The third-order valence-corrected chi connectivity index (χ3v) is 3.65. The van der Waals surface area contributed by atoms with E-state index < -0.39 is 11.7 Å². The Bertz CT molecular complexity index is 726. The van der Waals surface area contributed by atoms with Crippen molar-refractivity contribution in [1.82, 2.24) is 5.32 Å². The molecule has 0 aliphatic carbocycles. The monoisotopic (exact) mass is 353 g/mol. The van der Waals surface area contributed by atoms with Gasteiger partial charge in [-0.3, -0.25) is 4.79 Å². The summed E-state index contributed by atoms with van der Waals surface area (Å²) in [4.78, 5) is 12.2. The number of hydrogen-bond donors (Lipinski definition) is 1. The van der Waals surface area contributed by atoms with Crippen LogP contribution in [0.15, 0.2) is 30.3 Å². The highest BCUT2D eigenvalue weighted by Gasteiger charge is 2.16. The number of methoxy groups -OCH3 is 3. The fourth-order valence-corrected chi connectivity index (χ4v) is 2.36. The van der Waals surface area contributed by atoms with E-state index in [2.05, 4.69) is 5.32 Å². The number of carbonyl (C=O) groups is 1. The van der Waals surface area contributed by atoms with Gasteiger partial charge < -0.3 is 19.5 Å². The lowest BCUT2D eigenvalue weighted by Crippen LogP contribution is -2.24. The molecule has 0 bridgehead atoms. The molecule has 0 aliphatic heterocycles. The fraction of sp³-hybridized carbons (Fsp3) is 0.235. The van der Waals surface area contributed by atoms with Crippen molar-refractivity contribution in [2.24, 2.45) is 0 Å². The molecule has 2 aromatic carbocycles. The smallest absolute Gasteiger partial charge is 0.254 e. The summed E-state index contributed by atoms with van der Waals surface area (Å²) in [6.07, 6.45) is 0. The maximum atomic E-state index is 13.8. The van der Waals surface area contributed by atoms with Crippen LogP contribution in [0.5, 0.6) is 17.2 Å². The minimum absolute atomic E-state index is 0.0845. The van der Waals surface area contributed by atoms with Gasteiger partial charge in [0.15, 0.2) is 0 Å². The zero-order chi connectivity index (χ0) is 17.7. The van der Waals surface area contributed by atoms with E-state index in [1.807, 2.05) is 0 Å². The predicted octanol–water partition coefficient (Wildman–Crippen LogP) is 3.43. The molecule has 24 heavy (non-hydrogen) atoms. The third-order valence-electron chi connectivity index (χ3n) is 3.42. The van der Waals surface area contributed by atoms with Gasteiger partial charge in [0, 0.05) is 17.2 Å². The van der Waals surface area contributed by atoms with Gasteiger partial charge >= 0.3 is 0 Å². The largest absolute Gasteiger partial charge is 0.496 e. The summed E-state index contributed by atoms with van der Waals surface area (Å²) in [6.45, 7) is 0.0845. The molecule has 5 nitrogen and oxygen atoms in total. The van der Waals surface area contributed by atoms with Crippen molar-refractivity contribution in [2.75, 3.05) is 21.3 Å². The van der Waals surface area contributed by atoms with Crippen molar-refractivity contribution in [3.63, 3.8) is 0 Å². The number of hydrogen-bond acceptors (Lipinski definition) is 4. The van der Waals surface area contributed by atoms with E-state index in [1.165, 1.54) is 33.5 Å². The molecular formula is C17H17ClFNO4. The first kappa shape index (κ1) is 17.9. The Morgan fingerprint density at radius 1 is 1.08 bits per heavy atom. The van der Waals surface area contributed by atoms with Gasteiger partial charge in [-0.05, 0) is 18.2 Å². The Morgan fingerprint density at radius 2 is 1.71 bits per heavy atom. The van der Waals surface area contributed by atoms with Crippen molar-refractivity contribution in [3.05, 3.63) is 52.3 Å².